The number of hydrogen-bond acceptors (Lipinski definition) is 5. The minimum atomic E-state index is -0.140. The summed E-state index contributed by atoms with van der Waals surface area (Å²) in [6.07, 6.45) is 6.83. The number of aryl methyl sites for hydroxylation is 2. The second-order valence-corrected chi connectivity index (χ2v) is 10.5. The second-order valence-electron chi connectivity index (χ2n) is 10.1. The topological polar surface area (TPSA) is 110 Å². The third-order valence-corrected chi connectivity index (χ3v) is 7.78. The van der Waals surface area contributed by atoms with Gasteiger partial charge in [-0.2, -0.15) is 5.10 Å². The van der Waals surface area contributed by atoms with E-state index in [1.54, 1.807) is 30.0 Å². The van der Waals surface area contributed by atoms with Crippen molar-refractivity contribution >= 4 is 39.6 Å². The molecule has 0 atom stereocenters. The highest BCUT2D eigenvalue weighted by Crippen LogP contribution is 2.28. The third kappa shape index (κ3) is 4.36. The molecule has 194 valence electrons. The van der Waals surface area contributed by atoms with Crippen molar-refractivity contribution in [2.45, 2.75) is 52.1 Å². The quantitative estimate of drug-likeness (QED) is 0.342. The Morgan fingerprint density at radius 3 is 2.61 bits per heavy atom. The van der Waals surface area contributed by atoms with Crippen LogP contribution in [-0.4, -0.2) is 41.2 Å². The molecule has 0 spiro atoms. The Morgan fingerprint density at radius 2 is 1.82 bits per heavy atom. The van der Waals surface area contributed by atoms with Crippen LogP contribution in [0.5, 0.6) is 0 Å². The predicted octanol–water partition coefficient (Wildman–Crippen LogP) is 4.72. The number of rotatable bonds is 5. The Hall–Kier alpha value is -3.98. The zero-order valence-electron chi connectivity index (χ0n) is 21.2. The first-order valence-electron chi connectivity index (χ1n) is 12.8. The highest BCUT2D eigenvalue weighted by atomic mass is 35.5. The zero-order valence-corrected chi connectivity index (χ0v) is 22.0. The molecule has 4 aromatic heterocycles. The molecule has 2 N–H and O–H groups in total. The number of nitrogens with one attached hydrogen (secondary N) is 2. The first-order valence-corrected chi connectivity index (χ1v) is 13.2. The fraction of sp³-hybridized carbons (Fsp3) is 0.321. The predicted molar refractivity (Wildman–Crippen MR) is 147 cm³/mol. The number of pyridine rings is 2. The van der Waals surface area contributed by atoms with E-state index in [9.17, 15) is 9.59 Å². The van der Waals surface area contributed by atoms with Crippen LogP contribution < -0.4 is 11.0 Å². The summed E-state index contributed by atoms with van der Waals surface area (Å²) in [5, 5.41) is 10.8. The summed E-state index contributed by atoms with van der Waals surface area (Å²) in [5.41, 5.74) is 5.97. The fourth-order valence-corrected chi connectivity index (χ4v) is 5.69. The van der Waals surface area contributed by atoms with Crippen LogP contribution in [0.4, 0.5) is 0 Å². The summed E-state index contributed by atoms with van der Waals surface area (Å²) in [4.78, 5) is 35.3. The number of aromatic amines is 1. The van der Waals surface area contributed by atoms with Gasteiger partial charge in [0, 0.05) is 18.8 Å². The Bertz CT molecular complexity index is 1730. The van der Waals surface area contributed by atoms with Crippen molar-refractivity contribution in [1.29, 1.82) is 0 Å². The maximum absolute atomic E-state index is 13.7. The number of carbonyl (C=O) groups is 1. The Labute approximate surface area is 223 Å². The van der Waals surface area contributed by atoms with E-state index in [1.807, 2.05) is 41.8 Å². The Kier molecular flexibility index (Phi) is 6.23. The molecular weight excluding hydrogens is 502 g/mol. The summed E-state index contributed by atoms with van der Waals surface area (Å²) in [6, 6.07) is 11.5. The van der Waals surface area contributed by atoms with Gasteiger partial charge >= 0.3 is 5.69 Å². The van der Waals surface area contributed by atoms with Gasteiger partial charge in [0.2, 0.25) is 0 Å². The van der Waals surface area contributed by atoms with Crippen LogP contribution in [0.25, 0.3) is 27.8 Å². The minimum Gasteiger partial charge on any atom is -0.349 e. The smallest absolute Gasteiger partial charge is 0.333 e. The number of para-hydroxylation sites is 2. The Balaban J connectivity index is 1.20. The molecule has 0 radical (unpaired) electrons. The SMILES string of the molecule is Cc1ncc(Cl)cc1C(=O)NC1CCC(Cn2c(=O)n(-c3cnc4c(C)n[nH]c4c3)c3ccccc32)CC1. The molecule has 9 nitrogen and oxygen atoms in total. The molecule has 1 aliphatic carbocycles. The zero-order chi connectivity index (χ0) is 26.4. The lowest BCUT2D eigenvalue weighted by Gasteiger charge is -2.29. The molecule has 38 heavy (non-hydrogen) atoms. The number of hydrogen-bond donors (Lipinski definition) is 2. The van der Waals surface area contributed by atoms with Crippen LogP contribution in [-0.2, 0) is 6.54 Å². The third-order valence-electron chi connectivity index (χ3n) is 7.57. The van der Waals surface area contributed by atoms with Crippen molar-refractivity contribution in [3.05, 3.63) is 81.3 Å². The number of halogens is 1. The van der Waals surface area contributed by atoms with Gasteiger partial charge in [0.05, 0.1) is 50.4 Å². The minimum absolute atomic E-state index is 0.0806. The van der Waals surface area contributed by atoms with E-state index >= 15 is 0 Å². The van der Waals surface area contributed by atoms with Gasteiger partial charge in [0.1, 0.15) is 5.52 Å². The Morgan fingerprint density at radius 1 is 1.05 bits per heavy atom. The van der Waals surface area contributed by atoms with Gasteiger partial charge in [-0.3, -0.25) is 29.0 Å². The van der Waals surface area contributed by atoms with Gasteiger partial charge in [-0.05, 0) is 69.7 Å². The van der Waals surface area contributed by atoms with E-state index in [0.29, 0.717) is 34.4 Å². The van der Waals surface area contributed by atoms with Gasteiger partial charge < -0.3 is 5.32 Å². The summed E-state index contributed by atoms with van der Waals surface area (Å²) in [5.74, 6) is 0.198. The van der Waals surface area contributed by atoms with Gasteiger partial charge in [-0.25, -0.2) is 4.79 Å². The standard InChI is InChI=1S/C28H28ClN7O2/c1-16-22(11-19(29)13-30-16)27(37)32-20-9-7-18(8-10-20)15-35-24-5-3-4-6-25(24)36(28(35)38)21-12-23-26(31-14-21)17(2)33-34-23/h3-6,11-14,18,20H,7-10,15H2,1-2H3,(H,32,37)(H,33,34). The molecule has 4 heterocycles. The number of aromatic nitrogens is 6. The number of H-pyrrole nitrogens is 1. The van der Waals surface area contributed by atoms with Crippen molar-refractivity contribution in [1.82, 2.24) is 34.6 Å². The van der Waals surface area contributed by atoms with E-state index in [-0.39, 0.29) is 17.6 Å². The fourth-order valence-electron chi connectivity index (χ4n) is 5.53. The summed E-state index contributed by atoms with van der Waals surface area (Å²) >= 11 is 6.04. The van der Waals surface area contributed by atoms with E-state index < -0.39 is 0 Å². The van der Waals surface area contributed by atoms with Crippen molar-refractivity contribution in [2.24, 2.45) is 5.92 Å². The number of imidazole rings is 1. The summed E-state index contributed by atoms with van der Waals surface area (Å²) in [7, 11) is 0. The maximum Gasteiger partial charge on any atom is 0.333 e. The molecule has 10 heteroatoms. The maximum atomic E-state index is 13.7. The lowest BCUT2D eigenvalue weighted by molar-refractivity contribution is 0.0919. The molecule has 0 unspecified atom stereocenters. The first kappa shape index (κ1) is 24.4. The van der Waals surface area contributed by atoms with Crippen LogP contribution in [0.1, 0.15) is 47.4 Å². The van der Waals surface area contributed by atoms with Crippen molar-refractivity contribution in [2.75, 3.05) is 0 Å². The van der Waals surface area contributed by atoms with Gasteiger partial charge in [0.15, 0.2) is 0 Å². The molecule has 5 aromatic rings. The van der Waals surface area contributed by atoms with Crippen molar-refractivity contribution in [3.8, 4) is 5.69 Å². The average Bonchev–Trinajstić information content (AvgIpc) is 3.42. The highest BCUT2D eigenvalue weighted by molar-refractivity contribution is 6.30. The van der Waals surface area contributed by atoms with E-state index in [4.69, 9.17) is 11.6 Å². The summed E-state index contributed by atoms with van der Waals surface area (Å²) < 4.78 is 3.60. The first-order chi connectivity index (χ1) is 18.4. The van der Waals surface area contributed by atoms with Gasteiger partial charge in [0.25, 0.3) is 5.91 Å². The van der Waals surface area contributed by atoms with E-state index in [0.717, 1.165) is 53.4 Å². The van der Waals surface area contributed by atoms with E-state index in [2.05, 4.69) is 25.5 Å². The van der Waals surface area contributed by atoms with Crippen LogP contribution in [0, 0.1) is 19.8 Å². The van der Waals surface area contributed by atoms with Gasteiger partial charge in [-0.15, -0.1) is 0 Å². The largest absolute Gasteiger partial charge is 0.349 e. The lowest BCUT2D eigenvalue weighted by atomic mass is 9.85. The van der Waals surface area contributed by atoms with Crippen LogP contribution >= 0.6 is 11.6 Å². The van der Waals surface area contributed by atoms with Crippen LogP contribution in [0.2, 0.25) is 5.02 Å². The molecule has 1 aromatic carbocycles. The molecule has 1 amide bonds. The van der Waals surface area contributed by atoms with Crippen LogP contribution in [0.3, 0.4) is 0 Å². The molecular formula is C28H28ClN7O2. The summed E-state index contributed by atoms with van der Waals surface area (Å²) in [6.45, 7) is 4.34. The van der Waals surface area contributed by atoms with Crippen LogP contribution in [0.15, 0.2) is 53.6 Å². The lowest BCUT2D eigenvalue weighted by Crippen LogP contribution is -2.39. The molecule has 1 aliphatic rings. The number of amides is 1. The van der Waals surface area contributed by atoms with Gasteiger partial charge in [-0.1, -0.05) is 23.7 Å². The number of nitrogens with zero attached hydrogens (tertiary/aromatic N) is 5. The molecule has 0 bridgehead atoms. The normalized spacial score (nSPS) is 17.8. The monoisotopic (exact) mass is 529 g/mol. The number of carbonyl (C=O) groups excluding carboxylic acids is 1. The highest BCUT2D eigenvalue weighted by Gasteiger charge is 2.26. The van der Waals surface area contributed by atoms with E-state index in [1.165, 1.54) is 0 Å². The molecule has 6 rings (SSSR count). The molecule has 1 fully saturated rings. The van der Waals surface area contributed by atoms with Crippen molar-refractivity contribution in [3.63, 3.8) is 0 Å². The number of benzene rings is 1. The van der Waals surface area contributed by atoms with Crippen molar-refractivity contribution < 1.29 is 4.79 Å². The number of fused-ring (bicyclic) bond motifs is 2. The molecule has 0 saturated heterocycles. The second kappa shape index (κ2) is 9.72. The molecule has 0 aliphatic heterocycles. The molecule has 1 saturated carbocycles. The average molecular weight is 530 g/mol.